The van der Waals surface area contributed by atoms with E-state index in [1.807, 2.05) is 24.3 Å². The van der Waals surface area contributed by atoms with Crippen LogP contribution in [0.15, 0.2) is 48.7 Å². The lowest BCUT2D eigenvalue weighted by Gasteiger charge is -2.28. The standard InChI is InChI=1S/C29H32FN3O4/c1-18-6-5-7-21(27(18)30)14-31-29(36)28-25(37-17-20-10-11-20)12-13-33(28)26(35)16-32-15-23(19(2)34)22-8-3-4-9-24(22)32/h3-9,15,20,25,28H,10-14,16-17H2,1-2H3,(H,31,36)/t25-,28+/m1/s1. The largest absolute Gasteiger partial charge is 0.375 e. The van der Waals surface area contributed by atoms with Crippen LogP contribution in [0.5, 0.6) is 0 Å². The molecule has 2 aliphatic rings. The number of para-hydroxylation sites is 1. The number of hydrogen-bond acceptors (Lipinski definition) is 4. The number of carbonyl (C=O) groups excluding carboxylic acids is 3. The second-order valence-electron chi connectivity index (χ2n) is 10.1. The average molecular weight is 506 g/mol. The number of fused-ring (bicyclic) bond motifs is 1. The van der Waals surface area contributed by atoms with Crippen molar-refractivity contribution in [2.45, 2.75) is 58.3 Å². The highest BCUT2D eigenvalue weighted by atomic mass is 19.1. The molecule has 1 N–H and O–H groups in total. The molecule has 3 aromatic rings. The molecule has 0 spiro atoms. The Bertz CT molecular complexity index is 1350. The number of benzene rings is 2. The predicted molar refractivity (Wildman–Crippen MR) is 138 cm³/mol. The zero-order chi connectivity index (χ0) is 26.1. The first kappa shape index (κ1) is 25.1. The maximum atomic E-state index is 14.5. The summed E-state index contributed by atoms with van der Waals surface area (Å²) in [5.74, 6) is -0.474. The molecule has 2 aromatic carbocycles. The van der Waals surface area contributed by atoms with E-state index in [2.05, 4.69) is 5.32 Å². The number of aryl methyl sites for hydroxylation is 1. The second kappa shape index (κ2) is 10.5. The van der Waals surface area contributed by atoms with Crippen LogP contribution >= 0.6 is 0 Å². The third-order valence-corrected chi connectivity index (χ3v) is 7.37. The van der Waals surface area contributed by atoms with Gasteiger partial charge in [0.1, 0.15) is 18.4 Å². The molecule has 2 amide bonds. The minimum atomic E-state index is -0.798. The summed E-state index contributed by atoms with van der Waals surface area (Å²) >= 11 is 0. The molecule has 0 radical (unpaired) electrons. The third-order valence-electron chi connectivity index (χ3n) is 7.37. The number of nitrogens with zero attached hydrogens (tertiary/aromatic N) is 2. The lowest BCUT2D eigenvalue weighted by molar-refractivity contribution is -0.142. The number of carbonyl (C=O) groups is 3. The summed E-state index contributed by atoms with van der Waals surface area (Å²) in [7, 11) is 0. The first-order valence-corrected chi connectivity index (χ1v) is 12.8. The lowest BCUT2D eigenvalue weighted by Crippen LogP contribution is -2.51. The van der Waals surface area contributed by atoms with Gasteiger partial charge in [-0.25, -0.2) is 4.39 Å². The highest BCUT2D eigenvalue weighted by Gasteiger charge is 2.43. The zero-order valence-corrected chi connectivity index (χ0v) is 21.2. The Hall–Kier alpha value is -3.52. The van der Waals surface area contributed by atoms with Crippen LogP contribution in [-0.2, 0) is 27.4 Å². The maximum Gasteiger partial charge on any atom is 0.245 e. The van der Waals surface area contributed by atoms with Gasteiger partial charge in [-0.15, -0.1) is 0 Å². The Morgan fingerprint density at radius 1 is 1.08 bits per heavy atom. The van der Waals surface area contributed by atoms with Gasteiger partial charge < -0.3 is 19.5 Å². The summed E-state index contributed by atoms with van der Waals surface area (Å²) in [4.78, 5) is 40.7. The molecule has 8 heteroatoms. The van der Waals surface area contributed by atoms with Crippen LogP contribution in [0, 0.1) is 18.7 Å². The number of halogens is 1. The molecular formula is C29H32FN3O4. The molecule has 2 atom stereocenters. The van der Waals surface area contributed by atoms with Crippen LogP contribution in [-0.4, -0.2) is 52.4 Å². The summed E-state index contributed by atoms with van der Waals surface area (Å²) in [5, 5.41) is 3.63. The van der Waals surface area contributed by atoms with E-state index in [1.54, 1.807) is 40.8 Å². The summed E-state index contributed by atoms with van der Waals surface area (Å²) in [6.45, 7) is 4.19. The average Bonchev–Trinajstić information content (AvgIpc) is 3.50. The van der Waals surface area contributed by atoms with Crippen molar-refractivity contribution >= 4 is 28.5 Å². The highest BCUT2D eigenvalue weighted by molar-refractivity contribution is 6.07. The minimum Gasteiger partial charge on any atom is -0.375 e. The van der Waals surface area contributed by atoms with Gasteiger partial charge in [0.15, 0.2) is 5.78 Å². The number of likely N-dealkylation sites (tertiary alicyclic amines) is 1. The molecule has 1 saturated carbocycles. The van der Waals surface area contributed by atoms with Crippen LogP contribution in [0.1, 0.15) is 47.7 Å². The van der Waals surface area contributed by atoms with Crippen molar-refractivity contribution in [2.24, 2.45) is 5.92 Å². The fourth-order valence-electron chi connectivity index (χ4n) is 5.10. The van der Waals surface area contributed by atoms with Gasteiger partial charge in [-0.05, 0) is 50.7 Å². The molecule has 1 aromatic heterocycles. The van der Waals surface area contributed by atoms with Crippen LogP contribution in [0.25, 0.3) is 10.9 Å². The monoisotopic (exact) mass is 505 g/mol. The molecule has 0 unspecified atom stereocenters. The van der Waals surface area contributed by atoms with Gasteiger partial charge in [0, 0.05) is 47.9 Å². The third kappa shape index (κ3) is 5.30. The fourth-order valence-corrected chi connectivity index (χ4v) is 5.10. The highest BCUT2D eigenvalue weighted by Crippen LogP contribution is 2.31. The number of aromatic nitrogens is 1. The van der Waals surface area contributed by atoms with E-state index in [4.69, 9.17) is 4.74 Å². The summed E-state index contributed by atoms with van der Waals surface area (Å²) in [5.41, 5.74) is 2.26. The molecular weight excluding hydrogens is 473 g/mol. The van der Waals surface area contributed by atoms with Crippen molar-refractivity contribution in [3.63, 3.8) is 0 Å². The molecule has 7 nitrogen and oxygen atoms in total. The fraction of sp³-hybridized carbons (Fsp3) is 0.414. The quantitative estimate of drug-likeness (QED) is 0.446. The van der Waals surface area contributed by atoms with E-state index >= 15 is 0 Å². The van der Waals surface area contributed by atoms with Crippen molar-refractivity contribution in [1.82, 2.24) is 14.8 Å². The van der Waals surface area contributed by atoms with Gasteiger partial charge in [0.05, 0.1) is 6.10 Å². The van der Waals surface area contributed by atoms with E-state index in [0.717, 1.165) is 23.7 Å². The smallest absolute Gasteiger partial charge is 0.245 e. The molecule has 1 aliphatic carbocycles. The first-order valence-electron chi connectivity index (χ1n) is 12.8. The minimum absolute atomic E-state index is 0.000569. The molecule has 1 aliphatic heterocycles. The molecule has 1 saturated heterocycles. The summed E-state index contributed by atoms with van der Waals surface area (Å²) in [6.07, 6.45) is 4.09. The van der Waals surface area contributed by atoms with Gasteiger partial charge in [0.2, 0.25) is 11.8 Å². The van der Waals surface area contributed by atoms with Crippen molar-refractivity contribution in [3.8, 4) is 0 Å². The Kier molecular flexibility index (Phi) is 7.11. The molecule has 194 valence electrons. The van der Waals surface area contributed by atoms with Crippen molar-refractivity contribution in [2.75, 3.05) is 13.2 Å². The SMILES string of the molecule is CC(=O)c1cn(CC(=O)N2CC[C@@H](OCC3CC3)[C@H]2C(=O)NCc2cccc(C)c2F)c2ccccc12. The summed E-state index contributed by atoms with van der Waals surface area (Å²) in [6, 6.07) is 11.8. The number of hydrogen-bond donors (Lipinski definition) is 1. The Morgan fingerprint density at radius 2 is 1.86 bits per heavy atom. The molecule has 0 bridgehead atoms. The van der Waals surface area contributed by atoms with E-state index in [1.165, 1.54) is 6.92 Å². The van der Waals surface area contributed by atoms with Gasteiger partial charge in [-0.2, -0.15) is 0 Å². The van der Waals surface area contributed by atoms with E-state index in [-0.39, 0.29) is 36.5 Å². The topological polar surface area (TPSA) is 80.6 Å². The van der Waals surface area contributed by atoms with Crippen molar-refractivity contribution in [1.29, 1.82) is 0 Å². The van der Waals surface area contributed by atoms with E-state index < -0.39 is 12.1 Å². The van der Waals surface area contributed by atoms with E-state index in [0.29, 0.717) is 42.2 Å². The van der Waals surface area contributed by atoms with Crippen molar-refractivity contribution in [3.05, 3.63) is 71.2 Å². The Labute approximate surface area is 215 Å². The van der Waals surface area contributed by atoms with Gasteiger partial charge in [0.25, 0.3) is 0 Å². The number of ether oxygens (including phenoxy) is 1. The lowest BCUT2D eigenvalue weighted by atomic mass is 10.1. The van der Waals surface area contributed by atoms with Gasteiger partial charge in [-0.3, -0.25) is 14.4 Å². The normalized spacial score (nSPS) is 19.4. The predicted octanol–water partition coefficient (Wildman–Crippen LogP) is 4.00. The number of amides is 2. The van der Waals surface area contributed by atoms with Gasteiger partial charge in [-0.1, -0.05) is 36.4 Å². The Balaban J connectivity index is 1.35. The van der Waals surface area contributed by atoms with Crippen LogP contribution in [0.2, 0.25) is 0 Å². The molecule has 37 heavy (non-hydrogen) atoms. The number of Topliss-reactive ketones (excluding diaryl/α,β-unsaturated/α-hetero) is 1. The van der Waals surface area contributed by atoms with Crippen LogP contribution < -0.4 is 5.32 Å². The second-order valence-corrected chi connectivity index (χ2v) is 10.1. The van der Waals surface area contributed by atoms with Crippen LogP contribution in [0.4, 0.5) is 4.39 Å². The molecule has 2 heterocycles. The zero-order valence-electron chi connectivity index (χ0n) is 21.2. The maximum absolute atomic E-state index is 14.5. The van der Waals surface area contributed by atoms with Crippen LogP contribution in [0.3, 0.4) is 0 Å². The number of rotatable bonds is 9. The molecule has 5 rings (SSSR count). The van der Waals surface area contributed by atoms with Crippen molar-refractivity contribution < 1.29 is 23.5 Å². The first-order chi connectivity index (χ1) is 17.8. The van der Waals surface area contributed by atoms with Gasteiger partial charge >= 0.3 is 0 Å². The van der Waals surface area contributed by atoms with E-state index in [9.17, 15) is 18.8 Å². The number of nitrogens with one attached hydrogen (secondary N) is 1. The molecule has 2 fully saturated rings. The number of ketones is 1. The summed E-state index contributed by atoms with van der Waals surface area (Å²) < 4.78 is 22.4. The Morgan fingerprint density at radius 3 is 2.62 bits per heavy atom.